The monoisotopic (exact) mass is 470 g/mol. The maximum Gasteiger partial charge on any atom is 0.495 e. The molecular formula is C29H35BO3Si. The second-order valence-electron chi connectivity index (χ2n) is 10.4. The summed E-state index contributed by atoms with van der Waals surface area (Å²) in [6, 6.07) is 29.7. The molecule has 0 atom stereocenters. The van der Waals surface area contributed by atoms with E-state index >= 15 is 0 Å². The lowest BCUT2D eigenvalue weighted by Crippen LogP contribution is -2.44. The number of hydrogen-bond acceptors (Lipinski definition) is 3. The zero-order valence-corrected chi connectivity index (χ0v) is 22.4. The van der Waals surface area contributed by atoms with Crippen molar-refractivity contribution >= 4 is 31.0 Å². The second kappa shape index (κ2) is 9.22. The van der Waals surface area contributed by atoms with Crippen molar-refractivity contribution in [3.05, 3.63) is 96.1 Å². The Morgan fingerprint density at radius 2 is 1.24 bits per heavy atom. The van der Waals surface area contributed by atoms with Crippen LogP contribution >= 0.6 is 0 Å². The fourth-order valence-electron chi connectivity index (χ4n) is 4.66. The Bertz CT molecular complexity index is 1150. The van der Waals surface area contributed by atoms with Gasteiger partial charge in [0.05, 0.1) is 18.3 Å². The third-order valence-corrected chi connectivity index (χ3v) is 10.9. The van der Waals surface area contributed by atoms with E-state index < -0.39 is 26.4 Å². The molecular weight excluding hydrogens is 435 g/mol. The highest BCUT2D eigenvalue weighted by Gasteiger charge is 2.54. The van der Waals surface area contributed by atoms with Gasteiger partial charge in [-0.3, -0.25) is 0 Å². The summed E-state index contributed by atoms with van der Waals surface area (Å²) < 4.78 is 19.3. The van der Waals surface area contributed by atoms with Crippen LogP contribution in [0.2, 0.25) is 13.1 Å². The van der Waals surface area contributed by atoms with Gasteiger partial charge in [-0.15, -0.1) is 0 Å². The van der Waals surface area contributed by atoms with Gasteiger partial charge in [0.25, 0.3) is 0 Å². The molecule has 176 valence electrons. The summed E-state index contributed by atoms with van der Waals surface area (Å²) in [5.41, 5.74) is 2.36. The molecule has 1 saturated heterocycles. The van der Waals surface area contributed by atoms with Crippen LogP contribution in [0.25, 0.3) is 10.7 Å². The molecule has 1 aliphatic heterocycles. The Hall–Kier alpha value is -2.60. The number of methoxy groups -OCH3 is 1. The van der Waals surface area contributed by atoms with Crippen molar-refractivity contribution in [2.24, 2.45) is 0 Å². The van der Waals surface area contributed by atoms with Crippen LogP contribution in [0, 0.1) is 0 Å². The smallest absolute Gasteiger partial charge is 0.495 e. The van der Waals surface area contributed by atoms with E-state index in [1.54, 1.807) is 7.11 Å². The molecule has 4 rings (SSSR count). The highest BCUT2D eigenvalue weighted by atomic mass is 28.3. The summed E-state index contributed by atoms with van der Waals surface area (Å²) >= 11 is 0. The predicted molar refractivity (Wildman–Crippen MR) is 146 cm³/mol. The van der Waals surface area contributed by atoms with E-state index in [2.05, 4.69) is 114 Å². The van der Waals surface area contributed by atoms with E-state index in [0.717, 1.165) is 16.8 Å². The van der Waals surface area contributed by atoms with Crippen molar-refractivity contribution in [3.63, 3.8) is 0 Å². The topological polar surface area (TPSA) is 27.7 Å². The van der Waals surface area contributed by atoms with Crippen molar-refractivity contribution in [3.8, 4) is 5.75 Å². The van der Waals surface area contributed by atoms with Crippen LogP contribution in [-0.2, 0) is 9.31 Å². The third kappa shape index (κ3) is 4.40. The van der Waals surface area contributed by atoms with Crippen molar-refractivity contribution in [2.75, 3.05) is 7.11 Å². The zero-order chi connectivity index (χ0) is 24.6. The molecule has 0 unspecified atom stereocenters. The van der Waals surface area contributed by atoms with Gasteiger partial charge in [0.15, 0.2) is 0 Å². The average Bonchev–Trinajstić information content (AvgIpc) is 3.04. The van der Waals surface area contributed by atoms with Crippen LogP contribution in [0.1, 0.15) is 38.8 Å². The van der Waals surface area contributed by atoms with E-state index in [1.165, 1.54) is 15.9 Å². The quantitative estimate of drug-likeness (QED) is 0.309. The van der Waals surface area contributed by atoms with E-state index in [1.807, 2.05) is 12.1 Å². The summed E-state index contributed by atoms with van der Waals surface area (Å²) in [4.78, 5) is 0. The summed E-state index contributed by atoms with van der Waals surface area (Å²) in [6.07, 6.45) is 0. The Morgan fingerprint density at radius 3 is 1.79 bits per heavy atom. The maximum atomic E-state index is 6.70. The van der Waals surface area contributed by atoms with Crippen LogP contribution in [-0.4, -0.2) is 33.5 Å². The molecule has 1 aliphatic rings. The molecule has 0 amide bonds. The molecule has 3 aromatic carbocycles. The van der Waals surface area contributed by atoms with E-state index in [4.69, 9.17) is 14.0 Å². The van der Waals surface area contributed by atoms with Crippen molar-refractivity contribution < 1.29 is 14.0 Å². The highest BCUT2D eigenvalue weighted by Crippen LogP contribution is 2.46. The standard InChI is InChI=1S/C29H35BO3Si/c1-28(2)29(3,4)33-30(32-28)26(24-20-14-15-21-25(24)31-5)27(22-16-10-8-11-17-22)34(6,7)23-18-12-9-13-19-23/h8-21H,1-7H3/b27-26-. The van der Waals surface area contributed by atoms with E-state index in [0.29, 0.717) is 0 Å². The Balaban J connectivity index is 2.09. The molecule has 0 spiro atoms. The van der Waals surface area contributed by atoms with Gasteiger partial charge in [-0.1, -0.05) is 97.1 Å². The lowest BCUT2D eigenvalue weighted by molar-refractivity contribution is 0.00578. The summed E-state index contributed by atoms with van der Waals surface area (Å²) in [7, 11) is -1.02. The minimum absolute atomic E-state index is 0.453. The van der Waals surface area contributed by atoms with Gasteiger partial charge in [-0.25, -0.2) is 0 Å². The molecule has 0 aromatic heterocycles. The Kier molecular flexibility index (Phi) is 6.65. The molecule has 1 fully saturated rings. The van der Waals surface area contributed by atoms with Gasteiger partial charge in [-0.05, 0) is 50.0 Å². The number of hydrogen-bond donors (Lipinski definition) is 0. The van der Waals surface area contributed by atoms with Crippen LogP contribution in [0.15, 0.2) is 84.9 Å². The minimum Gasteiger partial charge on any atom is -0.496 e. The van der Waals surface area contributed by atoms with Crippen LogP contribution < -0.4 is 9.92 Å². The van der Waals surface area contributed by atoms with Crippen molar-refractivity contribution in [1.82, 2.24) is 0 Å². The van der Waals surface area contributed by atoms with Crippen molar-refractivity contribution in [2.45, 2.75) is 52.0 Å². The Morgan fingerprint density at radius 1 is 0.735 bits per heavy atom. The molecule has 3 aromatic rings. The predicted octanol–water partition coefficient (Wildman–Crippen LogP) is 6.39. The first-order valence-corrected chi connectivity index (χ1v) is 14.9. The van der Waals surface area contributed by atoms with E-state index in [9.17, 15) is 0 Å². The molecule has 1 heterocycles. The third-order valence-electron chi connectivity index (χ3n) is 7.34. The zero-order valence-electron chi connectivity index (χ0n) is 21.4. The molecule has 5 heteroatoms. The molecule has 0 bridgehead atoms. The largest absolute Gasteiger partial charge is 0.496 e. The first-order valence-electron chi connectivity index (χ1n) is 11.9. The molecule has 0 saturated carbocycles. The number of benzene rings is 3. The molecule has 0 N–H and O–H groups in total. The summed E-state index contributed by atoms with van der Waals surface area (Å²) in [5.74, 6) is 0.818. The van der Waals surface area contributed by atoms with Gasteiger partial charge in [0.2, 0.25) is 0 Å². The maximum absolute atomic E-state index is 6.70. The normalized spacial score (nSPS) is 17.9. The van der Waals surface area contributed by atoms with Crippen LogP contribution in [0.5, 0.6) is 5.75 Å². The fraction of sp³-hybridized carbons (Fsp3) is 0.310. The minimum atomic E-state index is -2.23. The molecule has 0 aliphatic carbocycles. The molecule has 0 radical (unpaired) electrons. The average molecular weight is 470 g/mol. The van der Waals surface area contributed by atoms with Crippen LogP contribution in [0.4, 0.5) is 0 Å². The van der Waals surface area contributed by atoms with Gasteiger partial charge in [0, 0.05) is 5.56 Å². The van der Waals surface area contributed by atoms with Crippen molar-refractivity contribution in [1.29, 1.82) is 0 Å². The lowest BCUT2D eigenvalue weighted by Gasteiger charge is -2.32. The highest BCUT2D eigenvalue weighted by molar-refractivity contribution is 7.07. The second-order valence-corrected chi connectivity index (χ2v) is 14.8. The number of rotatable bonds is 6. The van der Waals surface area contributed by atoms with Gasteiger partial charge in [-0.2, -0.15) is 0 Å². The first-order chi connectivity index (χ1) is 16.1. The first kappa shape index (κ1) is 24.5. The fourth-order valence-corrected chi connectivity index (χ4v) is 7.79. The lowest BCUT2D eigenvalue weighted by atomic mass is 9.72. The number of para-hydroxylation sites is 1. The Labute approximate surface area is 205 Å². The van der Waals surface area contributed by atoms with Gasteiger partial charge in [0.1, 0.15) is 13.8 Å². The summed E-state index contributed by atoms with van der Waals surface area (Å²) in [5, 5.41) is 2.65. The summed E-state index contributed by atoms with van der Waals surface area (Å²) in [6.45, 7) is 13.2. The van der Waals surface area contributed by atoms with Gasteiger partial charge >= 0.3 is 7.12 Å². The molecule has 3 nitrogen and oxygen atoms in total. The molecule has 34 heavy (non-hydrogen) atoms. The SMILES string of the molecule is COc1ccccc1/C(B1OC(C)(C)C(C)(C)O1)=C(\c1ccccc1)[Si](C)(C)c1ccccc1. The van der Waals surface area contributed by atoms with Gasteiger partial charge < -0.3 is 14.0 Å². The van der Waals surface area contributed by atoms with Crippen LogP contribution in [0.3, 0.4) is 0 Å². The van der Waals surface area contributed by atoms with E-state index in [-0.39, 0.29) is 0 Å². The number of ether oxygens (including phenoxy) is 1.